The SMILES string of the molecule is OCc1cnccc1OCC1CCCCC1. The fourth-order valence-electron chi connectivity index (χ4n) is 2.24. The Morgan fingerprint density at radius 1 is 1.31 bits per heavy atom. The Morgan fingerprint density at radius 2 is 2.12 bits per heavy atom. The highest BCUT2D eigenvalue weighted by Gasteiger charge is 2.14. The first-order valence-corrected chi connectivity index (χ1v) is 6.06. The molecule has 88 valence electrons. The molecule has 1 aromatic heterocycles. The summed E-state index contributed by atoms with van der Waals surface area (Å²) in [5.41, 5.74) is 0.776. The van der Waals surface area contributed by atoms with Crippen LogP contribution in [0.1, 0.15) is 37.7 Å². The van der Waals surface area contributed by atoms with Crippen LogP contribution in [0.3, 0.4) is 0 Å². The first-order valence-electron chi connectivity index (χ1n) is 6.06. The minimum atomic E-state index is -0.00611. The third kappa shape index (κ3) is 2.95. The monoisotopic (exact) mass is 221 g/mol. The summed E-state index contributed by atoms with van der Waals surface area (Å²) in [5.74, 6) is 1.47. The molecule has 0 aliphatic heterocycles. The van der Waals surface area contributed by atoms with E-state index in [1.54, 1.807) is 12.4 Å². The number of hydrogen-bond donors (Lipinski definition) is 1. The number of aliphatic hydroxyl groups is 1. The van der Waals surface area contributed by atoms with Crippen LogP contribution < -0.4 is 4.74 Å². The van der Waals surface area contributed by atoms with E-state index in [9.17, 15) is 0 Å². The van der Waals surface area contributed by atoms with Gasteiger partial charge in [-0.15, -0.1) is 0 Å². The van der Waals surface area contributed by atoms with Crippen LogP contribution in [0, 0.1) is 5.92 Å². The van der Waals surface area contributed by atoms with Crippen LogP contribution in [0.25, 0.3) is 0 Å². The summed E-state index contributed by atoms with van der Waals surface area (Å²) in [7, 11) is 0. The van der Waals surface area contributed by atoms with Gasteiger partial charge in [-0.3, -0.25) is 4.98 Å². The van der Waals surface area contributed by atoms with Gasteiger partial charge in [0.2, 0.25) is 0 Å². The third-order valence-electron chi connectivity index (χ3n) is 3.23. The molecule has 0 saturated heterocycles. The van der Waals surface area contributed by atoms with E-state index in [-0.39, 0.29) is 6.61 Å². The van der Waals surface area contributed by atoms with Gasteiger partial charge in [0.05, 0.1) is 13.2 Å². The molecule has 0 atom stereocenters. The highest BCUT2D eigenvalue weighted by Crippen LogP contribution is 2.25. The van der Waals surface area contributed by atoms with E-state index < -0.39 is 0 Å². The highest BCUT2D eigenvalue weighted by molar-refractivity contribution is 5.29. The normalized spacial score (nSPS) is 17.3. The zero-order valence-electron chi connectivity index (χ0n) is 9.56. The lowest BCUT2D eigenvalue weighted by molar-refractivity contribution is 0.201. The Hall–Kier alpha value is -1.09. The molecular weight excluding hydrogens is 202 g/mol. The molecule has 0 bridgehead atoms. The zero-order valence-corrected chi connectivity index (χ0v) is 9.56. The summed E-state index contributed by atoms with van der Waals surface area (Å²) in [5, 5.41) is 9.14. The summed E-state index contributed by atoms with van der Waals surface area (Å²) in [6.07, 6.45) is 9.95. The van der Waals surface area contributed by atoms with Gasteiger partial charge in [0, 0.05) is 18.0 Å². The number of aromatic nitrogens is 1. The molecule has 0 unspecified atom stereocenters. The van der Waals surface area contributed by atoms with Crippen molar-refractivity contribution in [1.29, 1.82) is 0 Å². The Bertz CT molecular complexity index is 321. The molecule has 1 heterocycles. The van der Waals surface area contributed by atoms with Crippen LogP contribution in [0.4, 0.5) is 0 Å². The molecule has 1 aliphatic rings. The van der Waals surface area contributed by atoms with Crippen molar-refractivity contribution in [1.82, 2.24) is 4.98 Å². The van der Waals surface area contributed by atoms with Crippen LogP contribution in [-0.4, -0.2) is 16.7 Å². The summed E-state index contributed by atoms with van der Waals surface area (Å²) in [6.45, 7) is 0.769. The Labute approximate surface area is 96.5 Å². The van der Waals surface area contributed by atoms with Crippen molar-refractivity contribution in [2.24, 2.45) is 5.92 Å². The summed E-state index contributed by atoms with van der Waals surface area (Å²) in [6, 6.07) is 1.83. The van der Waals surface area contributed by atoms with Gasteiger partial charge in [0.1, 0.15) is 5.75 Å². The van der Waals surface area contributed by atoms with Gasteiger partial charge in [-0.25, -0.2) is 0 Å². The van der Waals surface area contributed by atoms with E-state index >= 15 is 0 Å². The Kier molecular flexibility index (Phi) is 4.17. The van der Waals surface area contributed by atoms with E-state index in [2.05, 4.69) is 4.98 Å². The predicted molar refractivity (Wildman–Crippen MR) is 62.2 cm³/mol. The molecule has 1 N–H and O–H groups in total. The van der Waals surface area contributed by atoms with Gasteiger partial charge < -0.3 is 9.84 Å². The number of aliphatic hydroxyl groups excluding tert-OH is 1. The van der Waals surface area contributed by atoms with Crippen molar-refractivity contribution in [2.45, 2.75) is 38.7 Å². The number of hydrogen-bond acceptors (Lipinski definition) is 3. The van der Waals surface area contributed by atoms with Crippen LogP contribution in [-0.2, 0) is 6.61 Å². The third-order valence-corrected chi connectivity index (χ3v) is 3.23. The molecule has 3 heteroatoms. The fourth-order valence-corrected chi connectivity index (χ4v) is 2.24. The van der Waals surface area contributed by atoms with Crippen molar-refractivity contribution in [3.05, 3.63) is 24.0 Å². The summed E-state index contributed by atoms with van der Waals surface area (Å²) >= 11 is 0. The topological polar surface area (TPSA) is 42.4 Å². The summed E-state index contributed by atoms with van der Waals surface area (Å²) < 4.78 is 5.77. The first kappa shape index (κ1) is 11.4. The van der Waals surface area contributed by atoms with E-state index in [0.717, 1.165) is 17.9 Å². The second kappa shape index (κ2) is 5.85. The standard InChI is InChI=1S/C13H19NO2/c15-9-12-8-14-7-6-13(12)16-10-11-4-2-1-3-5-11/h6-8,11,15H,1-5,9-10H2. The Balaban J connectivity index is 1.88. The molecule has 16 heavy (non-hydrogen) atoms. The fraction of sp³-hybridized carbons (Fsp3) is 0.615. The van der Waals surface area contributed by atoms with E-state index in [1.165, 1.54) is 32.1 Å². The van der Waals surface area contributed by atoms with Gasteiger partial charge >= 0.3 is 0 Å². The van der Waals surface area contributed by atoms with Crippen molar-refractivity contribution < 1.29 is 9.84 Å². The minimum Gasteiger partial charge on any atom is -0.493 e. The maximum atomic E-state index is 9.14. The molecule has 1 aromatic rings. The van der Waals surface area contributed by atoms with E-state index in [0.29, 0.717) is 5.92 Å². The maximum Gasteiger partial charge on any atom is 0.127 e. The van der Waals surface area contributed by atoms with Crippen molar-refractivity contribution in [2.75, 3.05) is 6.61 Å². The highest BCUT2D eigenvalue weighted by atomic mass is 16.5. The van der Waals surface area contributed by atoms with Crippen molar-refractivity contribution in [3.8, 4) is 5.75 Å². The lowest BCUT2D eigenvalue weighted by atomic mass is 9.90. The molecule has 0 radical (unpaired) electrons. The quantitative estimate of drug-likeness (QED) is 0.849. The van der Waals surface area contributed by atoms with Crippen LogP contribution in [0.2, 0.25) is 0 Å². The average Bonchev–Trinajstić information content (AvgIpc) is 2.38. The molecule has 3 nitrogen and oxygen atoms in total. The van der Waals surface area contributed by atoms with E-state index in [4.69, 9.17) is 9.84 Å². The van der Waals surface area contributed by atoms with Crippen LogP contribution in [0.5, 0.6) is 5.75 Å². The van der Waals surface area contributed by atoms with Gasteiger partial charge in [0.15, 0.2) is 0 Å². The first-order chi connectivity index (χ1) is 7.90. The van der Waals surface area contributed by atoms with E-state index in [1.807, 2.05) is 6.07 Å². The smallest absolute Gasteiger partial charge is 0.127 e. The molecule has 0 aromatic carbocycles. The molecule has 2 rings (SSSR count). The zero-order chi connectivity index (χ0) is 11.2. The van der Waals surface area contributed by atoms with Crippen LogP contribution in [0.15, 0.2) is 18.5 Å². The number of rotatable bonds is 4. The minimum absolute atomic E-state index is 0.00611. The summed E-state index contributed by atoms with van der Waals surface area (Å²) in [4.78, 5) is 3.97. The van der Waals surface area contributed by atoms with Gasteiger partial charge in [0.25, 0.3) is 0 Å². The van der Waals surface area contributed by atoms with Gasteiger partial charge in [-0.2, -0.15) is 0 Å². The second-order valence-corrected chi connectivity index (χ2v) is 4.46. The second-order valence-electron chi connectivity index (χ2n) is 4.46. The molecule has 1 fully saturated rings. The Morgan fingerprint density at radius 3 is 2.88 bits per heavy atom. The molecule has 0 spiro atoms. The van der Waals surface area contributed by atoms with Crippen molar-refractivity contribution in [3.63, 3.8) is 0 Å². The molecule has 0 amide bonds. The van der Waals surface area contributed by atoms with Gasteiger partial charge in [-0.1, -0.05) is 19.3 Å². The lowest BCUT2D eigenvalue weighted by Crippen LogP contribution is -2.15. The molecular formula is C13H19NO2. The maximum absolute atomic E-state index is 9.14. The van der Waals surface area contributed by atoms with Crippen molar-refractivity contribution >= 4 is 0 Å². The molecule has 1 aliphatic carbocycles. The lowest BCUT2D eigenvalue weighted by Gasteiger charge is -2.22. The predicted octanol–water partition coefficient (Wildman–Crippen LogP) is 2.53. The average molecular weight is 221 g/mol. The molecule has 1 saturated carbocycles. The number of ether oxygens (including phenoxy) is 1. The number of pyridine rings is 1. The van der Waals surface area contributed by atoms with Gasteiger partial charge in [-0.05, 0) is 24.8 Å². The van der Waals surface area contributed by atoms with Crippen LogP contribution >= 0.6 is 0 Å². The largest absolute Gasteiger partial charge is 0.493 e. The number of nitrogens with zero attached hydrogens (tertiary/aromatic N) is 1.